The van der Waals surface area contributed by atoms with Gasteiger partial charge in [-0.3, -0.25) is 5.32 Å². The maximum Gasteiger partial charge on any atom is 0.409 e. The summed E-state index contributed by atoms with van der Waals surface area (Å²) in [5, 5.41) is 12.8. The number of aromatic nitrogens is 2. The van der Waals surface area contributed by atoms with Gasteiger partial charge in [0, 0.05) is 23.0 Å². The van der Waals surface area contributed by atoms with Crippen molar-refractivity contribution >= 4 is 34.2 Å². The molecule has 0 saturated carbocycles. The molecule has 6 nitrogen and oxygen atoms in total. The molecule has 0 radical (unpaired) electrons. The Balaban J connectivity index is 2.06. The number of halogens is 1. The normalized spacial score (nSPS) is 10.4. The van der Waals surface area contributed by atoms with Crippen LogP contribution in [0.3, 0.4) is 0 Å². The van der Waals surface area contributed by atoms with E-state index in [9.17, 15) is 4.79 Å². The molecule has 0 unspecified atom stereocenters. The highest BCUT2D eigenvalue weighted by Gasteiger charge is 2.10. The second kappa shape index (κ2) is 5.87. The van der Waals surface area contributed by atoms with Crippen LogP contribution in [0.1, 0.15) is 0 Å². The highest BCUT2D eigenvalue weighted by Crippen LogP contribution is 2.33. The highest BCUT2D eigenvalue weighted by molar-refractivity contribution is 6.28. The third-order valence-electron chi connectivity index (χ3n) is 2.94. The van der Waals surface area contributed by atoms with Crippen molar-refractivity contribution in [2.24, 2.45) is 0 Å². The lowest BCUT2D eigenvalue weighted by atomic mass is 10.1. The zero-order chi connectivity index (χ0) is 15.5. The molecule has 2 aromatic carbocycles. The minimum absolute atomic E-state index is 0.0889. The Hall–Kier alpha value is -2.86. The van der Waals surface area contributed by atoms with Gasteiger partial charge in [0.25, 0.3) is 0 Å². The maximum absolute atomic E-state index is 10.9. The van der Waals surface area contributed by atoms with E-state index in [0.29, 0.717) is 17.3 Å². The summed E-state index contributed by atoms with van der Waals surface area (Å²) in [7, 11) is 0. The molecule has 3 rings (SSSR count). The van der Waals surface area contributed by atoms with Crippen molar-refractivity contribution in [3.63, 3.8) is 0 Å². The zero-order valence-corrected chi connectivity index (χ0v) is 11.9. The number of rotatable bonds is 3. The Morgan fingerprint density at radius 1 is 1.14 bits per heavy atom. The second-order valence-corrected chi connectivity index (χ2v) is 4.69. The highest BCUT2D eigenvalue weighted by atomic mass is 35.5. The topological polar surface area (TPSA) is 84.3 Å². The van der Waals surface area contributed by atoms with E-state index in [-0.39, 0.29) is 5.28 Å². The van der Waals surface area contributed by atoms with Gasteiger partial charge >= 0.3 is 6.09 Å². The van der Waals surface area contributed by atoms with E-state index < -0.39 is 6.09 Å². The molecular formula is C15H10ClN3O3. The van der Waals surface area contributed by atoms with Crippen LogP contribution in [0.2, 0.25) is 5.28 Å². The van der Waals surface area contributed by atoms with E-state index in [4.69, 9.17) is 21.4 Å². The summed E-state index contributed by atoms with van der Waals surface area (Å²) in [4.78, 5) is 18.6. The maximum atomic E-state index is 10.9. The molecule has 0 atom stereocenters. The zero-order valence-electron chi connectivity index (χ0n) is 11.2. The lowest BCUT2D eigenvalue weighted by molar-refractivity contribution is 0.210. The smallest absolute Gasteiger partial charge is 0.409 e. The SMILES string of the molecule is O=C(O)Nc1ccc(Oc2ccnc(Cl)n2)c2ccccc12. The van der Waals surface area contributed by atoms with Gasteiger partial charge < -0.3 is 9.84 Å². The van der Waals surface area contributed by atoms with Gasteiger partial charge in [-0.1, -0.05) is 24.3 Å². The Bertz CT molecular complexity index is 854. The fraction of sp³-hybridized carbons (Fsp3) is 0. The van der Waals surface area contributed by atoms with E-state index in [1.165, 1.54) is 6.20 Å². The third-order valence-corrected chi connectivity index (χ3v) is 3.12. The average Bonchev–Trinajstić information content (AvgIpc) is 2.49. The number of carbonyl (C=O) groups is 1. The van der Waals surface area contributed by atoms with Gasteiger partial charge in [0.15, 0.2) is 0 Å². The van der Waals surface area contributed by atoms with Crippen LogP contribution in [0, 0.1) is 0 Å². The van der Waals surface area contributed by atoms with Crippen molar-refractivity contribution in [2.75, 3.05) is 5.32 Å². The number of nitrogens with zero attached hydrogens (tertiary/aromatic N) is 2. The molecule has 0 aliphatic heterocycles. The van der Waals surface area contributed by atoms with Crippen LogP contribution in [0.4, 0.5) is 10.5 Å². The molecule has 22 heavy (non-hydrogen) atoms. The number of ether oxygens (including phenoxy) is 1. The Morgan fingerprint density at radius 2 is 1.91 bits per heavy atom. The molecular weight excluding hydrogens is 306 g/mol. The lowest BCUT2D eigenvalue weighted by Crippen LogP contribution is -2.07. The van der Waals surface area contributed by atoms with E-state index in [2.05, 4.69) is 15.3 Å². The molecule has 110 valence electrons. The first-order valence-electron chi connectivity index (χ1n) is 6.31. The van der Waals surface area contributed by atoms with Crippen LogP contribution in [0.5, 0.6) is 11.6 Å². The van der Waals surface area contributed by atoms with Gasteiger partial charge in [-0.25, -0.2) is 9.78 Å². The number of anilines is 1. The second-order valence-electron chi connectivity index (χ2n) is 4.35. The van der Waals surface area contributed by atoms with Gasteiger partial charge in [-0.15, -0.1) is 0 Å². The van der Waals surface area contributed by atoms with E-state index in [1.807, 2.05) is 18.2 Å². The average molecular weight is 316 g/mol. The van der Waals surface area contributed by atoms with Crippen molar-refractivity contribution in [1.29, 1.82) is 0 Å². The molecule has 1 amide bonds. The third kappa shape index (κ3) is 2.91. The van der Waals surface area contributed by atoms with E-state index in [0.717, 1.165) is 10.8 Å². The summed E-state index contributed by atoms with van der Waals surface area (Å²) in [6.45, 7) is 0. The Kier molecular flexibility index (Phi) is 3.76. The monoisotopic (exact) mass is 315 g/mol. The number of nitrogens with one attached hydrogen (secondary N) is 1. The minimum atomic E-state index is -1.12. The summed E-state index contributed by atoms with van der Waals surface area (Å²) >= 11 is 5.73. The molecule has 2 N–H and O–H groups in total. The standard InChI is InChI=1S/C15H10ClN3O3/c16-14-17-8-7-13(19-14)22-12-6-5-11(18-15(20)21)9-3-1-2-4-10(9)12/h1-8,18H,(H,20,21). The predicted molar refractivity (Wildman–Crippen MR) is 82.7 cm³/mol. The number of fused-ring (bicyclic) bond motifs is 1. The summed E-state index contributed by atoms with van der Waals surface area (Å²) in [5.41, 5.74) is 0.483. The van der Waals surface area contributed by atoms with Crippen LogP contribution in [-0.2, 0) is 0 Å². The summed E-state index contributed by atoms with van der Waals surface area (Å²) < 4.78 is 5.72. The molecule has 0 fully saturated rings. The molecule has 0 saturated heterocycles. The number of hydrogen-bond acceptors (Lipinski definition) is 4. The Labute approximate surface area is 130 Å². The quantitative estimate of drug-likeness (QED) is 0.709. The van der Waals surface area contributed by atoms with Crippen molar-refractivity contribution in [3.8, 4) is 11.6 Å². The molecule has 7 heteroatoms. The molecule has 1 aromatic heterocycles. The van der Waals surface area contributed by atoms with Crippen LogP contribution in [0.25, 0.3) is 10.8 Å². The molecule has 0 spiro atoms. The molecule has 0 aliphatic carbocycles. The minimum Gasteiger partial charge on any atom is -0.465 e. The van der Waals surface area contributed by atoms with Gasteiger partial charge in [0.05, 0.1) is 5.69 Å². The van der Waals surface area contributed by atoms with Crippen molar-refractivity contribution < 1.29 is 14.6 Å². The number of amides is 1. The number of carboxylic acid groups (broad SMARTS) is 1. The van der Waals surface area contributed by atoms with Crippen LogP contribution < -0.4 is 10.1 Å². The van der Waals surface area contributed by atoms with Gasteiger partial charge in [-0.2, -0.15) is 4.98 Å². The summed E-state index contributed by atoms with van der Waals surface area (Å²) in [6.07, 6.45) is 0.370. The Morgan fingerprint density at radius 3 is 2.64 bits per heavy atom. The number of hydrogen-bond donors (Lipinski definition) is 2. The molecule has 0 bridgehead atoms. The first kappa shape index (κ1) is 14.1. The van der Waals surface area contributed by atoms with Crippen molar-refractivity contribution in [2.45, 2.75) is 0 Å². The van der Waals surface area contributed by atoms with E-state index in [1.54, 1.807) is 24.3 Å². The van der Waals surface area contributed by atoms with Gasteiger partial charge in [0.2, 0.25) is 11.2 Å². The fourth-order valence-corrected chi connectivity index (χ4v) is 2.21. The molecule has 3 aromatic rings. The number of benzene rings is 2. The fourth-order valence-electron chi connectivity index (χ4n) is 2.07. The first-order chi connectivity index (χ1) is 10.6. The first-order valence-corrected chi connectivity index (χ1v) is 6.69. The van der Waals surface area contributed by atoms with Crippen LogP contribution >= 0.6 is 11.6 Å². The largest absolute Gasteiger partial charge is 0.465 e. The molecule has 0 aliphatic rings. The van der Waals surface area contributed by atoms with Crippen molar-refractivity contribution in [1.82, 2.24) is 9.97 Å². The van der Waals surface area contributed by atoms with Gasteiger partial charge in [-0.05, 0) is 23.7 Å². The van der Waals surface area contributed by atoms with Gasteiger partial charge in [0.1, 0.15) is 5.75 Å². The van der Waals surface area contributed by atoms with Crippen molar-refractivity contribution in [3.05, 3.63) is 53.9 Å². The summed E-state index contributed by atoms with van der Waals surface area (Å²) in [5.74, 6) is 0.852. The molecule has 1 heterocycles. The van der Waals surface area contributed by atoms with E-state index >= 15 is 0 Å². The lowest BCUT2D eigenvalue weighted by Gasteiger charge is -2.11. The predicted octanol–water partition coefficient (Wildman–Crippen LogP) is 4.17. The van der Waals surface area contributed by atoms with Crippen LogP contribution in [-0.4, -0.2) is 21.2 Å². The van der Waals surface area contributed by atoms with Crippen LogP contribution in [0.15, 0.2) is 48.7 Å². The summed E-state index contributed by atoms with van der Waals surface area (Å²) in [6, 6.07) is 12.2.